The number of nitrogens with zero attached hydrogens (tertiary/aromatic N) is 2. The molecule has 1 N–H and O–H groups in total. The molecule has 3 rings (SSSR count). The number of rotatable bonds is 6. The van der Waals surface area contributed by atoms with Gasteiger partial charge in [0.05, 0.1) is 11.1 Å². The van der Waals surface area contributed by atoms with Crippen molar-refractivity contribution in [1.82, 2.24) is 14.9 Å². The molecule has 1 aliphatic rings. The lowest BCUT2D eigenvalue weighted by atomic mass is 10.1. The van der Waals surface area contributed by atoms with Gasteiger partial charge in [-0.2, -0.15) is 0 Å². The molecule has 0 aromatic carbocycles. The van der Waals surface area contributed by atoms with E-state index in [1.165, 1.54) is 22.2 Å². The van der Waals surface area contributed by atoms with Gasteiger partial charge in [-0.15, -0.1) is 11.3 Å². The predicted molar refractivity (Wildman–Crippen MR) is 100 cm³/mol. The van der Waals surface area contributed by atoms with Crippen LogP contribution in [0, 0.1) is 5.92 Å². The van der Waals surface area contributed by atoms with E-state index in [2.05, 4.69) is 24.1 Å². The maximum Gasteiger partial charge on any atom is 0.262 e. The fraction of sp³-hybridized carbons (Fsp3) is 0.588. The molecule has 0 saturated carbocycles. The van der Waals surface area contributed by atoms with Gasteiger partial charge in [0.1, 0.15) is 4.83 Å². The molecule has 1 amide bonds. The van der Waals surface area contributed by atoms with E-state index in [-0.39, 0.29) is 17.2 Å². The minimum Gasteiger partial charge on any atom is -0.355 e. The number of thioether (sulfide) groups is 1. The van der Waals surface area contributed by atoms with Gasteiger partial charge >= 0.3 is 0 Å². The fourth-order valence-corrected chi connectivity index (χ4v) is 5.02. The van der Waals surface area contributed by atoms with Gasteiger partial charge in [-0.25, -0.2) is 4.98 Å². The highest BCUT2D eigenvalue weighted by atomic mass is 32.2. The largest absolute Gasteiger partial charge is 0.355 e. The second-order valence-electron chi connectivity index (χ2n) is 6.62. The Morgan fingerprint density at radius 3 is 2.96 bits per heavy atom. The molecule has 7 heteroatoms. The van der Waals surface area contributed by atoms with Crippen molar-refractivity contribution in [3.63, 3.8) is 0 Å². The Kier molecular flexibility index (Phi) is 5.30. The average molecular weight is 366 g/mol. The summed E-state index contributed by atoms with van der Waals surface area (Å²) in [5.74, 6) is 0.849. The SMILES string of the molecule is CC(C)CCNC(=O)CSc1nc2sc3c(c2c(=O)n1C)CCC3. The number of carbonyl (C=O) groups is 1. The number of carbonyl (C=O) groups excluding carboxylic acids is 1. The van der Waals surface area contributed by atoms with Crippen molar-refractivity contribution in [2.45, 2.75) is 44.7 Å². The molecule has 24 heavy (non-hydrogen) atoms. The molecule has 0 radical (unpaired) electrons. The van der Waals surface area contributed by atoms with Crippen molar-refractivity contribution >= 4 is 39.2 Å². The number of hydrogen-bond acceptors (Lipinski definition) is 5. The van der Waals surface area contributed by atoms with Crippen LogP contribution in [0.25, 0.3) is 10.2 Å². The summed E-state index contributed by atoms with van der Waals surface area (Å²) in [4.78, 5) is 31.4. The summed E-state index contributed by atoms with van der Waals surface area (Å²) in [6.45, 7) is 4.96. The summed E-state index contributed by atoms with van der Waals surface area (Å²) in [7, 11) is 1.74. The molecule has 0 aliphatic heterocycles. The van der Waals surface area contributed by atoms with Crippen LogP contribution in [0.15, 0.2) is 9.95 Å². The van der Waals surface area contributed by atoms with Gasteiger partial charge < -0.3 is 5.32 Å². The van der Waals surface area contributed by atoms with Crippen LogP contribution in [-0.2, 0) is 24.7 Å². The maximum atomic E-state index is 12.7. The summed E-state index contributed by atoms with van der Waals surface area (Å²) in [5, 5.41) is 4.32. The number of hydrogen-bond donors (Lipinski definition) is 1. The smallest absolute Gasteiger partial charge is 0.262 e. The third kappa shape index (κ3) is 3.52. The van der Waals surface area contributed by atoms with Gasteiger partial charge in [-0.3, -0.25) is 14.2 Å². The van der Waals surface area contributed by atoms with E-state index < -0.39 is 0 Å². The first-order valence-electron chi connectivity index (χ1n) is 8.38. The fourth-order valence-electron chi connectivity index (χ4n) is 2.92. The van der Waals surface area contributed by atoms with Gasteiger partial charge in [-0.05, 0) is 37.2 Å². The minimum atomic E-state index is -0.0105. The maximum absolute atomic E-state index is 12.7. The van der Waals surface area contributed by atoms with Crippen LogP contribution in [-0.4, -0.2) is 27.8 Å². The number of aromatic nitrogens is 2. The summed E-state index contributed by atoms with van der Waals surface area (Å²) in [6, 6.07) is 0. The lowest BCUT2D eigenvalue weighted by Gasteiger charge is -2.09. The minimum absolute atomic E-state index is 0.0105. The summed E-state index contributed by atoms with van der Waals surface area (Å²) in [6.07, 6.45) is 4.14. The van der Waals surface area contributed by atoms with E-state index >= 15 is 0 Å². The molecule has 0 unspecified atom stereocenters. The van der Waals surface area contributed by atoms with E-state index in [0.29, 0.717) is 17.6 Å². The van der Waals surface area contributed by atoms with Gasteiger partial charge in [0.15, 0.2) is 5.16 Å². The lowest BCUT2D eigenvalue weighted by Crippen LogP contribution is -2.27. The van der Waals surface area contributed by atoms with Crippen molar-refractivity contribution < 1.29 is 4.79 Å². The number of nitrogens with one attached hydrogen (secondary N) is 1. The van der Waals surface area contributed by atoms with Crippen LogP contribution < -0.4 is 10.9 Å². The predicted octanol–water partition coefficient (Wildman–Crippen LogP) is 2.74. The van der Waals surface area contributed by atoms with E-state index in [1.807, 2.05) is 0 Å². The van der Waals surface area contributed by atoms with Crippen molar-refractivity contribution in [2.75, 3.05) is 12.3 Å². The third-order valence-electron chi connectivity index (χ3n) is 4.28. The molecule has 1 aliphatic carbocycles. The normalized spacial score (nSPS) is 13.7. The Morgan fingerprint density at radius 1 is 1.42 bits per heavy atom. The van der Waals surface area contributed by atoms with Crippen LogP contribution in [0.1, 0.15) is 37.1 Å². The molecule has 2 heterocycles. The Labute approximate surface area is 149 Å². The number of amides is 1. The molecule has 5 nitrogen and oxygen atoms in total. The van der Waals surface area contributed by atoms with Crippen LogP contribution >= 0.6 is 23.1 Å². The van der Waals surface area contributed by atoms with E-state index in [0.717, 1.165) is 35.9 Å². The zero-order chi connectivity index (χ0) is 17.3. The average Bonchev–Trinajstić information content (AvgIpc) is 3.09. The Morgan fingerprint density at radius 2 is 2.21 bits per heavy atom. The Hall–Kier alpha value is -1.34. The first-order valence-corrected chi connectivity index (χ1v) is 10.2. The van der Waals surface area contributed by atoms with Gasteiger partial charge in [0, 0.05) is 18.5 Å². The molecule has 0 atom stereocenters. The standard InChI is InChI=1S/C17H23N3O2S2/c1-10(2)7-8-18-13(21)9-23-17-19-15-14(16(22)20(17)3)11-5-4-6-12(11)24-15/h10H,4-9H2,1-3H3,(H,18,21). The van der Waals surface area contributed by atoms with Crippen molar-refractivity contribution in [1.29, 1.82) is 0 Å². The second-order valence-corrected chi connectivity index (χ2v) is 8.64. The van der Waals surface area contributed by atoms with Crippen LogP contribution in [0.2, 0.25) is 0 Å². The Balaban J connectivity index is 1.73. The third-order valence-corrected chi connectivity index (χ3v) is 6.50. The first-order chi connectivity index (χ1) is 11.5. The topological polar surface area (TPSA) is 64.0 Å². The zero-order valence-electron chi connectivity index (χ0n) is 14.3. The molecular formula is C17H23N3O2S2. The molecule has 0 bridgehead atoms. The summed E-state index contributed by atoms with van der Waals surface area (Å²) < 4.78 is 1.58. The molecule has 0 spiro atoms. The Bertz CT molecular complexity index is 823. The van der Waals surface area contributed by atoms with Crippen molar-refractivity contribution in [3.05, 3.63) is 20.8 Å². The summed E-state index contributed by atoms with van der Waals surface area (Å²) >= 11 is 2.97. The lowest BCUT2D eigenvalue weighted by molar-refractivity contribution is -0.118. The van der Waals surface area contributed by atoms with E-state index in [9.17, 15) is 9.59 Å². The van der Waals surface area contributed by atoms with Crippen molar-refractivity contribution in [3.8, 4) is 0 Å². The molecule has 0 fully saturated rings. The van der Waals surface area contributed by atoms with E-state index in [4.69, 9.17) is 0 Å². The van der Waals surface area contributed by atoms with Crippen LogP contribution in [0.4, 0.5) is 0 Å². The van der Waals surface area contributed by atoms with Crippen LogP contribution in [0.5, 0.6) is 0 Å². The second kappa shape index (κ2) is 7.27. The number of thiophene rings is 1. The number of fused-ring (bicyclic) bond motifs is 3. The van der Waals surface area contributed by atoms with Gasteiger partial charge in [-0.1, -0.05) is 25.6 Å². The molecule has 2 aromatic rings. The van der Waals surface area contributed by atoms with Crippen molar-refractivity contribution in [2.24, 2.45) is 13.0 Å². The van der Waals surface area contributed by atoms with Gasteiger partial charge in [0.25, 0.3) is 5.56 Å². The molecular weight excluding hydrogens is 342 g/mol. The van der Waals surface area contributed by atoms with Gasteiger partial charge in [0.2, 0.25) is 5.91 Å². The zero-order valence-corrected chi connectivity index (χ0v) is 16.0. The van der Waals surface area contributed by atoms with E-state index in [1.54, 1.807) is 23.0 Å². The molecule has 130 valence electrons. The highest BCUT2D eigenvalue weighted by Gasteiger charge is 2.22. The quantitative estimate of drug-likeness (QED) is 0.631. The summed E-state index contributed by atoms with van der Waals surface area (Å²) in [5.41, 5.74) is 1.22. The molecule has 0 saturated heterocycles. The van der Waals surface area contributed by atoms with Crippen LogP contribution in [0.3, 0.4) is 0 Å². The first kappa shape index (κ1) is 17.5. The molecule has 2 aromatic heterocycles. The highest BCUT2D eigenvalue weighted by Crippen LogP contribution is 2.35. The number of aryl methyl sites for hydroxylation is 2. The highest BCUT2D eigenvalue weighted by molar-refractivity contribution is 7.99. The monoisotopic (exact) mass is 365 g/mol.